The first kappa shape index (κ1) is 10.2. The number of carbonyl (C=O) groups is 1. The van der Waals surface area contributed by atoms with E-state index in [0.29, 0.717) is 5.76 Å². The molecule has 0 saturated carbocycles. The summed E-state index contributed by atoms with van der Waals surface area (Å²) in [5, 5.41) is 18.8. The number of carboxylic acids is 1. The van der Waals surface area contributed by atoms with Gasteiger partial charge in [-0.15, -0.1) is 0 Å². The summed E-state index contributed by atoms with van der Waals surface area (Å²) in [5.41, 5.74) is 0. The molecule has 0 aliphatic carbocycles. The molecule has 1 atom stereocenters. The fraction of sp³-hybridized carbons (Fsp3) is 0.375. The lowest BCUT2D eigenvalue weighted by atomic mass is 10.1. The normalized spacial score (nSPS) is 12.4. The highest BCUT2D eigenvalue weighted by molar-refractivity contribution is 5.69. The number of hydrogen-bond donors (Lipinski definition) is 1. The smallest absolute Gasteiger partial charge is 0.433 e. The molecule has 1 aromatic rings. The second-order valence-electron chi connectivity index (χ2n) is 2.94. The van der Waals surface area contributed by atoms with E-state index in [1.54, 1.807) is 0 Å². The second-order valence-corrected chi connectivity index (χ2v) is 2.94. The van der Waals surface area contributed by atoms with E-state index in [9.17, 15) is 14.9 Å². The van der Waals surface area contributed by atoms with Crippen LogP contribution < -0.4 is 0 Å². The van der Waals surface area contributed by atoms with Crippen molar-refractivity contribution >= 4 is 11.9 Å². The number of rotatable bonds is 4. The van der Waals surface area contributed by atoms with Gasteiger partial charge < -0.3 is 9.52 Å². The summed E-state index contributed by atoms with van der Waals surface area (Å²) in [5.74, 6) is -1.62. The monoisotopic (exact) mass is 199 g/mol. The van der Waals surface area contributed by atoms with Crippen molar-refractivity contribution in [1.29, 1.82) is 0 Å². The fourth-order valence-corrected chi connectivity index (χ4v) is 0.964. The maximum Gasteiger partial charge on any atom is 0.433 e. The maximum absolute atomic E-state index is 10.5. The Hall–Kier alpha value is -1.85. The van der Waals surface area contributed by atoms with Gasteiger partial charge in [-0.3, -0.25) is 14.9 Å². The lowest BCUT2D eigenvalue weighted by molar-refractivity contribution is -0.402. The van der Waals surface area contributed by atoms with Crippen LogP contribution in [-0.2, 0) is 11.2 Å². The standard InChI is InChI=1S/C8H9NO5/c1-5(8(10)11)4-6-2-3-7(14-6)9(12)13/h2-3,5H,4H2,1H3,(H,10,11). The summed E-state index contributed by atoms with van der Waals surface area (Å²) < 4.78 is 4.80. The van der Waals surface area contributed by atoms with E-state index in [4.69, 9.17) is 9.52 Å². The van der Waals surface area contributed by atoms with Crippen LogP contribution in [0.5, 0.6) is 0 Å². The quantitative estimate of drug-likeness (QED) is 0.585. The van der Waals surface area contributed by atoms with Gasteiger partial charge in [0.1, 0.15) is 10.7 Å². The largest absolute Gasteiger partial charge is 0.481 e. The van der Waals surface area contributed by atoms with Gasteiger partial charge in [0.05, 0.1) is 12.0 Å². The van der Waals surface area contributed by atoms with Crippen molar-refractivity contribution < 1.29 is 19.2 Å². The first-order valence-corrected chi connectivity index (χ1v) is 3.96. The molecule has 1 heterocycles. The molecular formula is C8H9NO5. The van der Waals surface area contributed by atoms with Crippen molar-refractivity contribution in [2.45, 2.75) is 13.3 Å². The molecule has 0 aliphatic rings. The lowest BCUT2D eigenvalue weighted by Crippen LogP contribution is -2.11. The minimum Gasteiger partial charge on any atom is -0.481 e. The van der Waals surface area contributed by atoms with E-state index in [1.165, 1.54) is 19.1 Å². The number of nitro groups is 1. The molecule has 0 bridgehead atoms. The highest BCUT2D eigenvalue weighted by atomic mass is 16.6. The maximum atomic E-state index is 10.5. The van der Waals surface area contributed by atoms with Gasteiger partial charge in [-0.25, -0.2) is 0 Å². The van der Waals surface area contributed by atoms with Crippen molar-refractivity contribution in [3.8, 4) is 0 Å². The molecule has 0 saturated heterocycles. The topological polar surface area (TPSA) is 93.6 Å². The fourth-order valence-electron chi connectivity index (χ4n) is 0.964. The Morgan fingerprint density at radius 3 is 2.79 bits per heavy atom. The van der Waals surface area contributed by atoms with Gasteiger partial charge in [0.15, 0.2) is 0 Å². The minimum absolute atomic E-state index is 0.156. The predicted molar refractivity (Wildman–Crippen MR) is 45.9 cm³/mol. The zero-order chi connectivity index (χ0) is 10.7. The summed E-state index contributed by atoms with van der Waals surface area (Å²) >= 11 is 0. The van der Waals surface area contributed by atoms with Gasteiger partial charge in [-0.1, -0.05) is 6.92 Å². The molecule has 1 rings (SSSR count). The number of nitrogens with zero attached hydrogens (tertiary/aromatic N) is 1. The Labute approximate surface area is 79.3 Å². The molecule has 1 aromatic heterocycles. The molecule has 1 unspecified atom stereocenters. The molecule has 1 N–H and O–H groups in total. The van der Waals surface area contributed by atoms with Gasteiger partial charge in [-0.05, 0) is 6.07 Å². The zero-order valence-corrected chi connectivity index (χ0v) is 7.47. The minimum atomic E-state index is -0.955. The third-order valence-electron chi connectivity index (χ3n) is 1.76. The van der Waals surface area contributed by atoms with Crippen molar-refractivity contribution in [2.75, 3.05) is 0 Å². The summed E-state index contributed by atoms with van der Waals surface area (Å²) in [6.07, 6.45) is 0.156. The summed E-state index contributed by atoms with van der Waals surface area (Å²) in [7, 11) is 0. The molecule has 0 amide bonds. The lowest BCUT2D eigenvalue weighted by Gasteiger charge is -2.01. The SMILES string of the molecule is CC(Cc1ccc([N+](=O)[O-])o1)C(=O)O. The van der Waals surface area contributed by atoms with Crippen LogP contribution in [0.15, 0.2) is 16.5 Å². The van der Waals surface area contributed by atoms with Crippen LogP contribution in [0.4, 0.5) is 5.88 Å². The number of hydrogen-bond acceptors (Lipinski definition) is 4. The van der Waals surface area contributed by atoms with Gasteiger partial charge in [0.25, 0.3) is 0 Å². The van der Waals surface area contributed by atoms with Crippen LogP contribution in [-0.4, -0.2) is 16.0 Å². The Bertz CT molecular complexity index is 356. The Morgan fingerprint density at radius 2 is 2.36 bits per heavy atom. The van der Waals surface area contributed by atoms with E-state index in [2.05, 4.69) is 0 Å². The van der Waals surface area contributed by atoms with E-state index in [0.717, 1.165) is 0 Å². The molecule has 0 radical (unpaired) electrons. The highest BCUT2D eigenvalue weighted by Crippen LogP contribution is 2.18. The Morgan fingerprint density at radius 1 is 1.71 bits per heavy atom. The van der Waals surface area contributed by atoms with Gasteiger partial charge in [0, 0.05) is 6.42 Å². The average Bonchev–Trinajstić information content (AvgIpc) is 2.52. The van der Waals surface area contributed by atoms with E-state index >= 15 is 0 Å². The third-order valence-corrected chi connectivity index (χ3v) is 1.76. The summed E-state index contributed by atoms with van der Waals surface area (Å²) in [4.78, 5) is 20.0. The number of furan rings is 1. The number of carboxylic acid groups (broad SMARTS) is 1. The van der Waals surface area contributed by atoms with Crippen LogP contribution in [0.3, 0.4) is 0 Å². The Kier molecular flexibility index (Phi) is 2.85. The zero-order valence-electron chi connectivity index (χ0n) is 7.47. The molecule has 76 valence electrons. The van der Waals surface area contributed by atoms with Crippen LogP contribution in [0.2, 0.25) is 0 Å². The first-order valence-electron chi connectivity index (χ1n) is 3.96. The van der Waals surface area contributed by atoms with Crippen LogP contribution >= 0.6 is 0 Å². The van der Waals surface area contributed by atoms with Gasteiger partial charge >= 0.3 is 11.9 Å². The predicted octanol–water partition coefficient (Wildman–Crippen LogP) is 1.45. The highest BCUT2D eigenvalue weighted by Gasteiger charge is 2.17. The van der Waals surface area contributed by atoms with Crippen molar-refractivity contribution in [1.82, 2.24) is 0 Å². The average molecular weight is 199 g/mol. The third kappa shape index (κ3) is 2.32. The molecule has 0 fully saturated rings. The van der Waals surface area contributed by atoms with Crippen molar-refractivity contribution in [3.05, 3.63) is 28.0 Å². The van der Waals surface area contributed by atoms with Crippen molar-refractivity contribution in [3.63, 3.8) is 0 Å². The molecule has 0 aromatic carbocycles. The molecular weight excluding hydrogens is 190 g/mol. The second kappa shape index (κ2) is 3.91. The van der Waals surface area contributed by atoms with Crippen LogP contribution in [0.25, 0.3) is 0 Å². The Balaban J connectivity index is 2.69. The van der Waals surface area contributed by atoms with Gasteiger partial charge in [0.2, 0.25) is 0 Å². The van der Waals surface area contributed by atoms with E-state index in [-0.39, 0.29) is 12.3 Å². The first-order chi connectivity index (χ1) is 6.50. The van der Waals surface area contributed by atoms with Gasteiger partial charge in [-0.2, -0.15) is 0 Å². The molecule has 6 nitrogen and oxygen atoms in total. The summed E-state index contributed by atoms with van der Waals surface area (Å²) in [6.45, 7) is 1.51. The summed E-state index contributed by atoms with van der Waals surface area (Å²) in [6, 6.07) is 2.63. The molecule has 0 aliphatic heterocycles. The molecule has 6 heteroatoms. The van der Waals surface area contributed by atoms with Crippen LogP contribution in [0, 0.1) is 16.0 Å². The molecule has 14 heavy (non-hydrogen) atoms. The van der Waals surface area contributed by atoms with Crippen molar-refractivity contribution in [2.24, 2.45) is 5.92 Å². The van der Waals surface area contributed by atoms with E-state index in [1.807, 2.05) is 0 Å². The van der Waals surface area contributed by atoms with E-state index < -0.39 is 16.8 Å². The molecule has 0 spiro atoms. The number of aliphatic carboxylic acids is 1. The van der Waals surface area contributed by atoms with Crippen LogP contribution in [0.1, 0.15) is 12.7 Å².